The summed E-state index contributed by atoms with van der Waals surface area (Å²) in [5.41, 5.74) is 0. The van der Waals surface area contributed by atoms with Gasteiger partial charge >= 0.3 is 0 Å². The van der Waals surface area contributed by atoms with Crippen molar-refractivity contribution in [1.29, 1.82) is 0 Å². The minimum absolute atomic E-state index is 0.0427. The molecule has 17 heavy (non-hydrogen) atoms. The molecule has 0 aromatic carbocycles. The van der Waals surface area contributed by atoms with Gasteiger partial charge in [0.15, 0.2) is 0 Å². The van der Waals surface area contributed by atoms with E-state index >= 15 is 0 Å². The number of hydrogen-bond acceptors (Lipinski definition) is 3. The molecule has 0 spiro atoms. The van der Waals surface area contributed by atoms with Gasteiger partial charge in [0.2, 0.25) is 0 Å². The molecule has 0 amide bonds. The molecule has 0 bridgehead atoms. The lowest BCUT2D eigenvalue weighted by molar-refractivity contribution is -0.120. The molecule has 0 saturated heterocycles. The SMILES string of the molecule is CC(C)N(C)S(=O)(=O)N(C)C1CCC(=O)CC1. The van der Waals surface area contributed by atoms with E-state index in [9.17, 15) is 13.2 Å². The Balaban J connectivity index is 2.75. The first-order valence-electron chi connectivity index (χ1n) is 5.99. The fourth-order valence-corrected chi connectivity index (χ4v) is 3.47. The van der Waals surface area contributed by atoms with Crippen LogP contribution in [0.2, 0.25) is 0 Å². The monoisotopic (exact) mass is 262 g/mol. The van der Waals surface area contributed by atoms with Crippen LogP contribution in [0.15, 0.2) is 0 Å². The van der Waals surface area contributed by atoms with Crippen LogP contribution in [0.5, 0.6) is 0 Å². The van der Waals surface area contributed by atoms with Gasteiger partial charge in [0.1, 0.15) is 5.78 Å². The summed E-state index contributed by atoms with van der Waals surface area (Å²) >= 11 is 0. The van der Waals surface area contributed by atoms with Crippen molar-refractivity contribution in [2.24, 2.45) is 0 Å². The molecule has 0 heterocycles. The second-order valence-corrected chi connectivity index (χ2v) is 6.95. The fourth-order valence-electron chi connectivity index (χ4n) is 1.95. The Kier molecular flexibility index (Phi) is 4.69. The van der Waals surface area contributed by atoms with E-state index in [2.05, 4.69) is 0 Å². The van der Waals surface area contributed by atoms with Crippen LogP contribution in [0.3, 0.4) is 0 Å². The van der Waals surface area contributed by atoms with Crippen LogP contribution in [0.4, 0.5) is 0 Å². The highest BCUT2D eigenvalue weighted by atomic mass is 32.2. The Labute approximate surface area is 104 Å². The molecule has 0 N–H and O–H groups in total. The van der Waals surface area contributed by atoms with Crippen molar-refractivity contribution >= 4 is 16.0 Å². The fraction of sp³-hybridized carbons (Fsp3) is 0.909. The van der Waals surface area contributed by atoms with Crippen LogP contribution < -0.4 is 0 Å². The van der Waals surface area contributed by atoms with E-state index in [1.54, 1.807) is 14.1 Å². The number of ketones is 1. The summed E-state index contributed by atoms with van der Waals surface area (Å²) in [5.74, 6) is 0.240. The summed E-state index contributed by atoms with van der Waals surface area (Å²) in [6.07, 6.45) is 2.27. The second kappa shape index (κ2) is 5.46. The van der Waals surface area contributed by atoms with Gasteiger partial charge in [0.25, 0.3) is 10.2 Å². The first-order valence-corrected chi connectivity index (χ1v) is 7.39. The maximum absolute atomic E-state index is 12.2. The average molecular weight is 262 g/mol. The Morgan fingerprint density at radius 2 is 1.65 bits per heavy atom. The maximum atomic E-state index is 12.2. The number of Topliss-reactive ketones (excluding diaryl/α,β-unsaturated/α-hetero) is 1. The Bertz CT molecular complexity index is 368. The summed E-state index contributed by atoms with van der Waals surface area (Å²) in [6.45, 7) is 3.69. The molecule has 1 aliphatic rings. The van der Waals surface area contributed by atoms with E-state index in [-0.39, 0.29) is 17.9 Å². The zero-order valence-electron chi connectivity index (χ0n) is 11.0. The van der Waals surface area contributed by atoms with Crippen molar-refractivity contribution in [3.05, 3.63) is 0 Å². The molecule has 0 unspecified atom stereocenters. The summed E-state index contributed by atoms with van der Waals surface area (Å²) in [6, 6.07) is -0.105. The number of hydrogen-bond donors (Lipinski definition) is 0. The zero-order valence-corrected chi connectivity index (χ0v) is 11.8. The molecule has 1 saturated carbocycles. The summed E-state index contributed by atoms with van der Waals surface area (Å²) in [4.78, 5) is 11.1. The predicted octanol–water partition coefficient (Wildman–Crippen LogP) is 1.01. The van der Waals surface area contributed by atoms with Crippen molar-refractivity contribution < 1.29 is 13.2 Å². The molecule has 100 valence electrons. The van der Waals surface area contributed by atoms with Gasteiger partial charge in [-0.2, -0.15) is 17.0 Å². The van der Waals surface area contributed by atoms with E-state index in [1.165, 1.54) is 8.61 Å². The van der Waals surface area contributed by atoms with Gasteiger partial charge in [-0.1, -0.05) is 0 Å². The molecular weight excluding hydrogens is 240 g/mol. The predicted molar refractivity (Wildman–Crippen MR) is 66.8 cm³/mol. The molecule has 0 atom stereocenters. The molecule has 0 aromatic rings. The van der Waals surface area contributed by atoms with Crippen LogP contribution in [0, 0.1) is 0 Å². The summed E-state index contributed by atoms with van der Waals surface area (Å²) in [7, 11) is -0.206. The van der Waals surface area contributed by atoms with E-state index in [1.807, 2.05) is 13.8 Å². The van der Waals surface area contributed by atoms with Crippen LogP contribution in [-0.4, -0.2) is 49.0 Å². The van der Waals surface area contributed by atoms with Crippen LogP contribution in [0.1, 0.15) is 39.5 Å². The first kappa shape index (κ1) is 14.6. The van der Waals surface area contributed by atoms with E-state index in [0.29, 0.717) is 25.7 Å². The molecular formula is C11H22N2O3S. The van der Waals surface area contributed by atoms with Gasteiger partial charge in [-0.25, -0.2) is 0 Å². The van der Waals surface area contributed by atoms with Gasteiger partial charge in [0, 0.05) is 39.0 Å². The quantitative estimate of drug-likeness (QED) is 0.760. The van der Waals surface area contributed by atoms with Gasteiger partial charge < -0.3 is 0 Å². The van der Waals surface area contributed by atoms with Gasteiger partial charge in [0.05, 0.1) is 0 Å². The topological polar surface area (TPSA) is 57.7 Å². The van der Waals surface area contributed by atoms with Gasteiger partial charge in [-0.3, -0.25) is 4.79 Å². The Hall–Kier alpha value is -0.460. The molecule has 1 aliphatic carbocycles. The lowest BCUT2D eigenvalue weighted by atomic mass is 9.95. The van der Waals surface area contributed by atoms with Gasteiger partial charge in [-0.15, -0.1) is 0 Å². The van der Waals surface area contributed by atoms with Crippen LogP contribution in [0.25, 0.3) is 0 Å². The third-order valence-corrected chi connectivity index (χ3v) is 5.66. The third-order valence-electron chi connectivity index (χ3n) is 3.48. The maximum Gasteiger partial charge on any atom is 0.281 e. The third kappa shape index (κ3) is 3.26. The highest BCUT2D eigenvalue weighted by Crippen LogP contribution is 2.23. The van der Waals surface area contributed by atoms with Crippen molar-refractivity contribution in [3.8, 4) is 0 Å². The van der Waals surface area contributed by atoms with Crippen molar-refractivity contribution in [3.63, 3.8) is 0 Å². The minimum atomic E-state index is -3.40. The Morgan fingerprint density at radius 3 is 2.06 bits per heavy atom. The molecule has 1 rings (SSSR count). The normalized spacial score (nSPS) is 19.6. The highest BCUT2D eigenvalue weighted by Gasteiger charge is 2.33. The summed E-state index contributed by atoms with van der Waals surface area (Å²) in [5, 5.41) is 0. The largest absolute Gasteiger partial charge is 0.300 e. The highest BCUT2D eigenvalue weighted by molar-refractivity contribution is 7.86. The molecule has 6 heteroatoms. The van der Waals surface area contributed by atoms with E-state index < -0.39 is 10.2 Å². The average Bonchev–Trinajstić information content (AvgIpc) is 2.27. The summed E-state index contributed by atoms with van der Waals surface area (Å²) < 4.78 is 27.2. The molecule has 1 fully saturated rings. The van der Waals surface area contributed by atoms with Crippen molar-refractivity contribution in [2.45, 2.75) is 51.6 Å². The first-order chi connectivity index (χ1) is 7.76. The van der Waals surface area contributed by atoms with Gasteiger partial charge in [-0.05, 0) is 26.7 Å². The smallest absolute Gasteiger partial charge is 0.281 e. The second-order valence-electron chi connectivity index (χ2n) is 4.90. The van der Waals surface area contributed by atoms with E-state index in [4.69, 9.17) is 0 Å². The van der Waals surface area contributed by atoms with Crippen LogP contribution in [-0.2, 0) is 15.0 Å². The molecule has 0 radical (unpaired) electrons. The number of rotatable bonds is 4. The minimum Gasteiger partial charge on any atom is -0.300 e. The number of nitrogens with zero attached hydrogens (tertiary/aromatic N) is 2. The molecule has 0 aliphatic heterocycles. The standard InChI is InChI=1S/C11H22N2O3S/c1-9(2)12(3)17(15,16)13(4)10-5-7-11(14)8-6-10/h9-10H,5-8H2,1-4H3. The van der Waals surface area contributed by atoms with E-state index in [0.717, 1.165) is 0 Å². The Morgan fingerprint density at radius 1 is 1.18 bits per heavy atom. The van der Waals surface area contributed by atoms with Crippen molar-refractivity contribution in [1.82, 2.24) is 8.61 Å². The lowest BCUT2D eigenvalue weighted by Gasteiger charge is -2.34. The molecule has 5 nitrogen and oxygen atoms in total. The van der Waals surface area contributed by atoms with Crippen molar-refractivity contribution in [2.75, 3.05) is 14.1 Å². The number of carbonyl (C=O) groups is 1. The lowest BCUT2D eigenvalue weighted by Crippen LogP contribution is -2.48. The molecule has 0 aromatic heterocycles. The van der Waals surface area contributed by atoms with Crippen LogP contribution >= 0.6 is 0 Å². The zero-order chi connectivity index (χ0) is 13.2. The number of carbonyl (C=O) groups excluding carboxylic acids is 1.